The Bertz CT molecular complexity index is 533. The predicted octanol–water partition coefficient (Wildman–Crippen LogP) is 2.44. The van der Waals surface area contributed by atoms with Crippen LogP contribution in [0.4, 0.5) is 0 Å². The van der Waals surface area contributed by atoms with Gasteiger partial charge in [-0.25, -0.2) is 0 Å². The minimum atomic E-state index is -0.201. The zero-order valence-corrected chi connectivity index (χ0v) is 10.8. The van der Waals surface area contributed by atoms with E-state index in [9.17, 15) is 4.79 Å². The molecular formula is C15H17NO3. The molecule has 2 N–H and O–H groups in total. The van der Waals surface area contributed by atoms with Crippen LogP contribution in [0.25, 0.3) is 0 Å². The van der Waals surface area contributed by atoms with Gasteiger partial charge in [0.2, 0.25) is 0 Å². The molecule has 4 nitrogen and oxygen atoms in total. The molecule has 100 valence electrons. The molecule has 1 heterocycles. The maximum absolute atomic E-state index is 12.1. The lowest BCUT2D eigenvalue weighted by molar-refractivity contribution is 0.0928. The van der Waals surface area contributed by atoms with Crippen LogP contribution in [0.1, 0.15) is 34.1 Å². The number of rotatable bonds is 5. The number of nitrogens with one attached hydrogen (secondary N) is 1. The van der Waals surface area contributed by atoms with Crippen molar-refractivity contribution in [3.63, 3.8) is 0 Å². The van der Waals surface area contributed by atoms with Crippen LogP contribution in [-0.4, -0.2) is 17.6 Å². The Morgan fingerprint density at radius 3 is 2.63 bits per heavy atom. The highest BCUT2D eigenvalue weighted by molar-refractivity contribution is 5.95. The second-order valence-corrected chi connectivity index (χ2v) is 4.34. The summed E-state index contributed by atoms with van der Waals surface area (Å²) in [6.07, 6.45) is 1.97. The van der Waals surface area contributed by atoms with Crippen molar-refractivity contribution < 1.29 is 14.3 Å². The van der Waals surface area contributed by atoms with Gasteiger partial charge in [-0.3, -0.25) is 4.79 Å². The first-order chi connectivity index (χ1) is 9.22. The smallest absolute Gasteiger partial charge is 0.255 e. The summed E-state index contributed by atoms with van der Waals surface area (Å²) in [4.78, 5) is 12.1. The molecule has 1 unspecified atom stereocenters. The molecule has 0 spiro atoms. The van der Waals surface area contributed by atoms with Crippen LogP contribution in [0.15, 0.2) is 47.1 Å². The third-order valence-electron chi connectivity index (χ3n) is 3.03. The average molecular weight is 259 g/mol. The number of benzene rings is 1. The summed E-state index contributed by atoms with van der Waals surface area (Å²) in [7, 11) is 0. The van der Waals surface area contributed by atoms with Crippen molar-refractivity contribution in [1.29, 1.82) is 0 Å². The Kier molecular flexibility index (Phi) is 4.36. The first-order valence-electron chi connectivity index (χ1n) is 6.23. The van der Waals surface area contributed by atoms with Crippen molar-refractivity contribution in [2.45, 2.75) is 19.4 Å². The molecule has 0 aliphatic rings. The number of hydrogen-bond donors (Lipinski definition) is 2. The fourth-order valence-electron chi connectivity index (χ4n) is 1.99. The molecule has 0 fully saturated rings. The molecule has 0 aliphatic carbocycles. The molecule has 4 heteroatoms. The molecule has 19 heavy (non-hydrogen) atoms. The number of furan rings is 1. The van der Waals surface area contributed by atoms with Crippen molar-refractivity contribution in [3.8, 4) is 0 Å². The zero-order valence-electron chi connectivity index (χ0n) is 10.8. The maximum atomic E-state index is 12.1. The van der Waals surface area contributed by atoms with E-state index in [1.54, 1.807) is 13.0 Å². The number of carbonyl (C=O) groups is 1. The van der Waals surface area contributed by atoms with Gasteiger partial charge in [0, 0.05) is 6.61 Å². The number of hydrogen-bond acceptors (Lipinski definition) is 3. The van der Waals surface area contributed by atoms with Gasteiger partial charge in [0.05, 0.1) is 17.9 Å². The van der Waals surface area contributed by atoms with E-state index in [2.05, 4.69) is 5.32 Å². The lowest BCUT2D eigenvalue weighted by Crippen LogP contribution is -2.29. The average Bonchev–Trinajstić information content (AvgIpc) is 2.85. The number of amides is 1. The number of aliphatic hydroxyl groups is 1. The number of carbonyl (C=O) groups excluding carboxylic acids is 1. The number of aliphatic hydroxyl groups excluding tert-OH is 1. The molecule has 0 radical (unpaired) electrons. The largest absolute Gasteiger partial charge is 0.469 e. The summed E-state index contributed by atoms with van der Waals surface area (Å²) in [5.41, 5.74) is 1.50. The fourth-order valence-corrected chi connectivity index (χ4v) is 1.99. The van der Waals surface area contributed by atoms with E-state index in [-0.39, 0.29) is 18.6 Å². The molecule has 1 aromatic heterocycles. The standard InChI is InChI=1S/C15H17NO3/c1-11-13(8-10-19-11)15(18)16-14(7-9-17)12-5-3-2-4-6-12/h2-6,8,10,14,17H,7,9H2,1H3,(H,16,18). The molecule has 2 rings (SSSR count). The molecule has 0 saturated carbocycles. The van der Waals surface area contributed by atoms with E-state index in [1.165, 1.54) is 6.26 Å². The number of aryl methyl sites for hydroxylation is 1. The molecular weight excluding hydrogens is 242 g/mol. The molecule has 2 aromatic rings. The van der Waals surface area contributed by atoms with Crippen LogP contribution in [-0.2, 0) is 0 Å². The topological polar surface area (TPSA) is 62.5 Å². The lowest BCUT2D eigenvalue weighted by atomic mass is 10.0. The Morgan fingerprint density at radius 1 is 1.32 bits per heavy atom. The first-order valence-corrected chi connectivity index (χ1v) is 6.23. The predicted molar refractivity (Wildman–Crippen MR) is 71.8 cm³/mol. The van der Waals surface area contributed by atoms with Crippen molar-refractivity contribution >= 4 is 5.91 Å². The van der Waals surface area contributed by atoms with Gasteiger partial charge in [-0.15, -0.1) is 0 Å². The minimum absolute atomic E-state index is 0.0181. The van der Waals surface area contributed by atoms with Crippen molar-refractivity contribution in [1.82, 2.24) is 5.32 Å². The maximum Gasteiger partial charge on any atom is 0.255 e. The van der Waals surface area contributed by atoms with Crippen LogP contribution < -0.4 is 5.32 Å². The highest BCUT2D eigenvalue weighted by Gasteiger charge is 2.17. The van der Waals surface area contributed by atoms with Crippen molar-refractivity contribution in [3.05, 3.63) is 59.5 Å². The highest BCUT2D eigenvalue weighted by atomic mass is 16.3. The molecule has 0 aliphatic heterocycles. The molecule has 1 aromatic carbocycles. The second kappa shape index (κ2) is 6.20. The third kappa shape index (κ3) is 3.23. The Morgan fingerprint density at radius 2 is 2.05 bits per heavy atom. The Labute approximate surface area is 112 Å². The second-order valence-electron chi connectivity index (χ2n) is 4.34. The van der Waals surface area contributed by atoms with Crippen molar-refractivity contribution in [2.24, 2.45) is 0 Å². The zero-order chi connectivity index (χ0) is 13.7. The van der Waals surface area contributed by atoms with Crippen LogP contribution in [0.2, 0.25) is 0 Å². The summed E-state index contributed by atoms with van der Waals surface area (Å²) in [6, 6.07) is 11.1. The van der Waals surface area contributed by atoms with Crippen LogP contribution in [0.3, 0.4) is 0 Å². The molecule has 1 amide bonds. The van der Waals surface area contributed by atoms with Crippen LogP contribution in [0.5, 0.6) is 0 Å². The van der Waals surface area contributed by atoms with Gasteiger partial charge in [0.1, 0.15) is 5.76 Å². The lowest BCUT2D eigenvalue weighted by Gasteiger charge is -2.18. The van der Waals surface area contributed by atoms with Crippen LogP contribution >= 0.6 is 0 Å². The summed E-state index contributed by atoms with van der Waals surface area (Å²) in [5.74, 6) is 0.405. The van der Waals surface area contributed by atoms with E-state index < -0.39 is 0 Å². The van der Waals surface area contributed by atoms with E-state index in [1.807, 2.05) is 30.3 Å². The van der Waals surface area contributed by atoms with Gasteiger partial charge in [-0.1, -0.05) is 30.3 Å². The first kappa shape index (κ1) is 13.4. The highest BCUT2D eigenvalue weighted by Crippen LogP contribution is 2.18. The Balaban J connectivity index is 2.14. The van der Waals surface area contributed by atoms with Gasteiger partial charge in [-0.2, -0.15) is 0 Å². The van der Waals surface area contributed by atoms with Gasteiger partial charge >= 0.3 is 0 Å². The molecule has 1 atom stereocenters. The van der Waals surface area contributed by atoms with E-state index >= 15 is 0 Å². The van der Waals surface area contributed by atoms with Gasteiger partial charge in [0.25, 0.3) is 5.91 Å². The van der Waals surface area contributed by atoms with Gasteiger partial charge < -0.3 is 14.8 Å². The van der Waals surface area contributed by atoms with E-state index in [0.29, 0.717) is 17.7 Å². The van der Waals surface area contributed by atoms with Gasteiger partial charge in [0.15, 0.2) is 0 Å². The van der Waals surface area contributed by atoms with E-state index in [0.717, 1.165) is 5.56 Å². The quantitative estimate of drug-likeness (QED) is 0.867. The van der Waals surface area contributed by atoms with Gasteiger partial charge in [-0.05, 0) is 25.0 Å². The minimum Gasteiger partial charge on any atom is -0.469 e. The Hall–Kier alpha value is -2.07. The van der Waals surface area contributed by atoms with E-state index in [4.69, 9.17) is 9.52 Å². The SMILES string of the molecule is Cc1occc1C(=O)NC(CCO)c1ccccc1. The summed E-state index contributed by atoms with van der Waals surface area (Å²) >= 11 is 0. The summed E-state index contributed by atoms with van der Waals surface area (Å²) < 4.78 is 5.12. The summed E-state index contributed by atoms with van der Waals surface area (Å²) in [5, 5.41) is 12.0. The fraction of sp³-hybridized carbons (Fsp3) is 0.267. The monoisotopic (exact) mass is 259 g/mol. The van der Waals surface area contributed by atoms with Crippen molar-refractivity contribution in [2.75, 3.05) is 6.61 Å². The normalized spacial score (nSPS) is 12.1. The summed E-state index contributed by atoms with van der Waals surface area (Å²) in [6.45, 7) is 1.77. The van der Waals surface area contributed by atoms with Crippen LogP contribution in [0, 0.1) is 6.92 Å². The third-order valence-corrected chi connectivity index (χ3v) is 3.03. The molecule has 0 bridgehead atoms. The molecule has 0 saturated heterocycles.